The van der Waals surface area contributed by atoms with E-state index in [0.717, 1.165) is 0 Å². The van der Waals surface area contributed by atoms with E-state index in [1.54, 1.807) is 0 Å². The Kier molecular flexibility index (Phi) is 2.94. The molecule has 0 rings (SSSR count). The van der Waals surface area contributed by atoms with Crippen molar-refractivity contribution in [2.75, 3.05) is 0 Å². The lowest BCUT2D eigenvalue weighted by Crippen LogP contribution is -2.19. The van der Waals surface area contributed by atoms with Crippen LogP contribution in [0.25, 0.3) is 0 Å². The zero-order chi connectivity index (χ0) is 8.41. The lowest BCUT2D eigenvalue weighted by Gasteiger charge is -2.31. The molecular weight excluding hydrogens is 120 g/mol. The summed E-state index contributed by atoms with van der Waals surface area (Å²) in [4.78, 5) is 0. The third-order valence-electron chi connectivity index (χ3n) is 1.91. The van der Waals surface area contributed by atoms with E-state index in [-0.39, 0.29) is 5.41 Å². The van der Waals surface area contributed by atoms with Crippen LogP contribution in [-0.4, -0.2) is 0 Å². The van der Waals surface area contributed by atoms with Gasteiger partial charge in [0, 0.05) is 0 Å². The van der Waals surface area contributed by atoms with Gasteiger partial charge in [0.25, 0.3) is 0 Å². The van der Waals surface area contributed by atoms with E-state index in [0.29, 0.717) is 5.41 Å². The first kappa shape index (κ1) is 10.0. The van der Waals surface area contributed by atoms with Crippen molar-refractivity contribution in [3.63, 3.8) is 0 Å². The predicted molar refractivity (Wildman–Crippen MR) is 47.8 cm³/mol. The molecule has 0 heterocycles. The second-order valence-electron chi connectivity index (χ2n) is 4.86. The largest absolute Gasteiger partial charge is 0.0649 e. The van der Waals surface area contributed by atoms with Crippen LogP contribution in [0.5, 0.6) is 0 Å². The van der Waals surface area contributed by atoms with Crippen molar-refractivity contribution in [3.8, 4) is 0 Å². The van der Waals surface area contributed by atoms with Crippen LogP contribution in [0.4, 0.5) is 0 Å². The van der Waals surface area contributed by atoms with Gasteiger partial charge in [0.1, 0.15) is 0 Å². The van der Waals surface area contributed by atoms with Crippen molar-refractivity contribution in [2.24, 2.45) is 10.8 Å². The summed E-state index contributed by atoms with van der Waals surface area (Å²) >= 11 is 0. The van der Waals surface area contributed by atoms with Gasteiger partial charge in [-0.2, -0.15) is 0 Å². The summed E-state index contributed by atoms with van der Waals surface area (Å²) in [6.45, 7) is 15.4. The normalized spacial score (nSPS) is 13.8. The first-order chi connectivity index (χ1) is 4.27. The van der Waals surface area contributed by atoms with Crippen molar-refractivity contribution >= 4 is 0 Å². The maximum atomic E-state index is 4.10. The van der Waals surface area contributed by atoms with Crippen LogP contribution in [0.2, 0.25) is 0 Å². The van der Waals surface area contributed by atoms with E-state index >= 15 is 0 Å². The van der Waals surface area contributed by atoms with E-state index < -0.39 is 0 Å². The fraction of sp³-hybridized carbons (Fsp3) is 0.900. The molecule has 0 N–H and O–H groups in total. The summed E-state index contributed by atoms with van der Waals surface area (Å²) in [5.41, 5.74) is 0.699. The maximum absolute atomic E-state index is 4.10. The Morgan fingerprint density at radius 2 is 1.50 bits per heavy atom. The van der Waals surface area contributed by atoms with Crippen LogP contribution < -0.4 is 0 Å². The van der Waals surface area contributed by atoms with Crippen LogP contribution in [0.3, 0.4) is 0 Å². The van der Waals surface area contributed by atoms with Gasteiger partial charge in [-0.1, -0.05) is 41.0 Å². The zero-order valence-electron chi connectivity index (χ0n) is 8.12. The molecule has 0 fully saturated rings. The quantitative estimate of drug-likeness (QED) is 0.562. The number of hydrogen-bond acceptors (Lipinski definition) is 0. The molecule has 0 unspecified atom stereocenters. The van der Waals surface area contributed by atoms with Gasteiger partial charge in [-0.3, -0.25) is 0 Å². The molecule has 0 saturated carbocycles. The highest BCUT2D eigenvalue weighted by molar-refractivity contribution is 4.79. The van der Waals surface area contributed by atoms with Crippen LogP contribution in [-0.2, 0) is 0 Å². The second-order valence-corrected chi connectivity index (χ2v) is 4.86. The molecule has 0 aromatic rings. The average Bonchev–Trinajstić information content (AvgIpc) is 1.60. The summed E-state index contributed by atoms with van der Waals surface area (Å²) in [7, 11) is 0. The van der Waals surface area contributed by atoms with Gasteiger partial charge >= 0.3 is 0 Å². The summed E-state index contributed by atoms with van der Waals surface area (Å²) in [6.07, 6.45) is 2.45. The smallest absolute Gasteiger partial charge is 0.0349 e. The molecule has 0 aliphatic heterocycles. The molecule has 0 nitrogen and oxygen atoms in total. The Morgan fingerprint density at radius 3 is 1.60 bits per heavy atom. The molecule has 0 aromatic heterocycles. The second kappa shape index (κ2) is 2.94. The molecule has 0 aromatic carbocycles. The highest BCUT2D eigenvalue weighted by atomic mass is 14.3. The molecule has 61 valence electrons. The topological polar surface area (TPSA) is 0 Å². The predicted octanol–water partition coefficient (Wildman–Crippen LogP) is 3.67. The Hall–Kier alpha value is 0. The minimum absolute atomic E-state index is 0.236. The zero-order valence-corrected chi connectivity index (χ0v) is 8.12. The molecular formula is C10H21. The minimum Gasteiger partial charge on any atom is -0.0649 e. The first-order valence-electron chi connectivity index (χ1n) is 4.12. The standard InChI is InChI=1S/C10H21/c1-7-10(5,6)8-9(2,3)4/h2,7-8H2,1,3-6H3. The van der Waals surface area contributed by atoms with E-state index in [9.17, 15) is 0 Å². The van der Waals surface area contributed by atoms with Crippen LogP contribution in [0, 0.1) is 17.8 Å². The van der Waals surface area contributed by atoms with Crippen LogP contribution >= 0.6 is 0 Å². The van der Waals surface area contributed by atoms with Gasteiger partial charge in [0.05, 0.1) is 0 Å². The average molecular weight is 141 g/mol. The lowest BCUT2D eigenvalue weighted by molar-refractivity contribution is 0.228. The van der Waals surface area contributed by atoms with Crippen LogP contribution in [0.15, 0.2) is 0 Å². The van der Waals surface area contributed by atoms with E-state index in [1.807, 2.05) is 0 Å². The Labute approximate surface area is 66.0 Å². The highest BCUT2D eigenvalue weighted by Gasteiger charge is 2.23. The van der Waals surface area contributed by atoms with Gasteiger partial charge in [0.15, 0.2) is 0 Å². The minimum atomic E-state index is 0.236. The van der Waals surface area contributed by atoms with Crippen LogP contribution in [0.1, 0.15) is 47.5 Å². The fourth-order valence-electron chi connectivity index (χ4n) is 1.42. The molecule has 0 aliphatic rings. The van der Waals surface area contributed by atoms with Gasteiger partial charge in [-0.25, -0.2) is 0 Å². The van der Waals surface area contributed by atoms with E-state index in [4.69, 9.17) is 0 Å². The highest BCUT2D eigenvalue weighted by Crippen LogP contribution is 2.34. The Balaban J connectivity index is 3.89. The number of rotatable bonds is 3. The van der Waals surface area contributed by atoms with E-state index in [2.05, 4.69) is 41.5 Å². The monoisotopic (exact) mass is 141 g/mol. The Morgan fingerprint density at radius 1 is 1.10 bits per heavy atom. The molecule has 0 saturated heterocycles. The molecule has 0 amide bonds. The molecule has 0 heteroatoms. The number of hydrogen-bond donors (Lipinski definition) is 0. The molecule has 10 heavy (non-hydrogen) atoms. The van der Waals surface area contributed by atoms with Crippen molar-refractivity contribution < 1.29 is 0 Å². The molecule has 0 atom stereocenters. The Bertz CT molecular complexity index is 93.1. The van der Waals surface area contributed by atoms with Gasteiger partial charge in [-0.15, -0.1) is 0 Å². The third-order valence-corrected chi connectivity index (χ3v) is 1.91. The third kappa shape index (κ3) is 4.84. The van der Waals surface area contributed by atoms with Gasteiger partial charge in [0.2, 0.25) is 0 Å². The maximum Gasteiger partial charge on any atom is -0.0349 e. The van der Waals surface area contributed by atoms with Crippen molar-refractivity contribution in [2.45, 2.75) is 47.5 Å². The molecule has 0 bridgehead atoms. The van der Waals surface area contributed by atoms with Crippen molar-refractivity contribution in [1.82, 2.24) is 0 Å². The summed E-state index contributed by atoms with van der Waals surface area (Å²) < 4.78 is 0. The van der Waals surface area contributed by atoms with Crippen molar-refractivity contribution in [3.05, 3.63) is 6.92 Å². The van der Waals surface area contributed by atoms with Gasteiger partial charge in [-0.05, 0) is 24.2 Å². The lowest BCUT2D eigenvalue weighted by atomic mass is 9.75. The fourth-order valence-corrected chi connectivity index (χ4v) is 1.42. The van der Waals surface area contributed by atoms with E-state index in [1.165, 1.54) is 12.8 Å². The van der Waals surface area contributed by atoms with Crippen molar-refractivity contribution in [1.29, 1.82) is 0 Å². The SMILES string of the molecule is [CH2]C(C)(C)CC(C)(C)CC. The first-order valence-corrected chi connectivity index (χ1v) is 4.12. The summed E-state index contributed by atoms with van der Waals surface area (Å²) in [6, 6.07) is 0. The summed E-state index contributed by atoms with van der Waals surface area (Å²) in [5, 5.41) is 0. The molecule has 0 aliphatic carbocycles. The van der Waals surface area contributed by atoms with Gasteiger partial charge < -0.3 is 0 Å². The molecule has 0 spiro atoms. The molecule has 1 radical (unpaired) electrons. The summed E-state index contributed by atoms with van der Waals surface area (Å²) in [5.74, 6) is 0.